The molecule has 0 unspecified atom stereocenters. The Bertz CT molecular complexity index is 979. The maximum atomic E-state index is 12.2. The normalized spacial score (nSPS) is 10.7. The number of hydrogen-bond donors (Lipinski definition) is 1. The van der Waals surface area contributed by atoms with Crippen LogP contribution in [0.15, 0.2) is 48.5 Å². The van der Waals surface area contributed by atoms with Crippen LogP contribution in [0.25, 0.3) is 11.0 Å². The quantitative estimate of drug-likeness (QED) is 0.445. The second kappa shape index (κ2) is 9.73. The first kappa shape index (κ1) is 20.4. The second-order valence-electron chi connectivity index (χ2n) is 6.50. The summed E-state index contributed by atoms with van der Waals surface area (Å²) in [6.07, 6.45) is 1.34. The Morgan fingerprint density at radius 1 is 1.10 bits per heavy atom. The number of aromatic nitrogens is 2. The van der Waals surface area contributed by atoms with Gasteiger partial charge in [0.05, 0.1) is 24.8 Å². The number of rotatable bonds is 9. The number of esters is 1. The van der Waals surface area contributed by atoms with Crippen LogP contribution in [0, 0.1) is 0 Å². The zero-order valence-corrected chi connectivity index (χ0v) is 16.7. The van der Waals surface area contributed by atoms with Gasteiger partial charge in [-0.1, -0.05) is 12.1 Å². The number of benzene rings is 2. The third-order valence-corrected chi connectivity index (χ3v) is 4.54. The highest BCUT2D eigenvalue weighted by Gasteiger charge is 2.14. The molecule has 0 radical (unpaired) electrons. The van der Waals surface area contributed by atoms with Gasteiger partial charge in [-0.05, 0) is 49.7 Å². The molecule has 0 fully saturated rings. The van der Waals surface area contributed by atoms with Crippen molar-refractivity contribution in [1.29, 1.82) is 0 Å². The molecule has 2 aromatic carbocycles. The average molecular weight is 395 g/mol. The van der Waals surface area contributed by atoms with Crippen molar-refractivity contribution in [2.75, 3.05) is 20.3 Å². The lowest BCUT2D eigenvalue weighted by atomic mass is 10.2. The highest BCUT2D eigenvalue weighted by molar-refractivity contribution is 5.94. The molecule has 3 aromatic rings. The number of imidazole rings is 1. The van der Waals surface area contributed by atoms with E-state index in [-0.39, 0.29) is 18.4 Å². The third-order valence-electron chi connectivity index (χ3n) is 4.54. The first-order valence-corrected chi connectivity index (χ1v) is 9.64. The number of aryl methyl sites for hydroxylation is 1. The zero-order chi connectivity index (χ0) is 20.6. The van der Waals surface area contributed by atoms with Crippen LogP contribution < -0.4 is 10.1 Å². The topological polar surface area (TPSA) is 82.5 Å². The fraction of sp³-hybridized carbons (Fsp3) is 0.318. The number of ether oxygens (including phenoxy) is 2. The van der Waals surface area contributed by atoms with Crippen LogP contribution in [0.3, 0.4) is 0 Å². The van der Waals surface area contributed by atoms with Gasteiger partial charge in [0, 0.05) is 18.5 Å². The molecule has 29 heavy (non-hydrogen) atoms. The Morgan fingerprint density at radius 2 is 1.86 bits per heavy atom. The van der Waals surface area contributed by atoms with Gasteiger partial charge in [0.1, 0.15) is 18.1 Å². The number of carbonyl (C=O) groups is 2. The number of carbonyl (C=O) groups excluding carboxylic acids is 2. The number of nitrogens with one attached hydrogen (secondary N) is 1. The van der Waals surface area contributed by atoms with E-state index >= 15 is 0 Å². The maximum absolute atomic E-state index is 12.2. The summed E-state index contributed by atoms with van der Waals surface area (Å²) in [5.41, 5.74) is 2.33. The Hall–Kier alpha value is -3.35. The van der Waals surface area contributed by atoms with Crippen LogP contribution in [-0.2, 0) is 22.5 Å². The van der Waals surface area contributed by atoms with Crippen molar-refractivity contribution in [2.24, 2.45) is 0 Å². The molecule has 0 aliphatic heterocycles. The molecule has 1 heterocycles. The molecular formula is C22H25N3O4. The standard InChI is InChI=1S/C22H25N3O4/c1-3-29-21(26)15-25-19-8-5-4-7-18(19)24-20(25)9-6-14-23-22(27)16-10-12-17(28-2)13-11-16/h4-5,7-8,10-13H,3,6,9,14-15H2,1-2H3,(H,23,27). The summed E-state index contributed by atoms with van der Waals surface area (Å²) >= 11 is 0. The molecule has 1 N–H and O–H groups in total. The third kappa shape index (κ3) is 5.13. The minimum Gasteiger partial charge on any atom is -0.497 e. The largest absolute Gasteiger partial charge is 0.497 e. The number of hydrogen-bond acceptors (Lipinski definition) is 5. The Labute approximate surface area is 169 Å². The smallest absolute Gasteiger partial charge is 0.326 e. The van der Waals surface area contributed by atoms with Gasteiger partial charge in [0.15, 0.2) is 0 Å². The first-order chi connectivity index (χ1) is 14.1. The van der Waals surface area contributed by atoms with E-state index in [9.17, 15) is 9.59 Å². The van der Waals surface area contributed by atoms with Crippen molar-refractivity contribution < 1.29 is 19.1 Å². The second-order valence-corrected chi connectivity index (χ2v) is 6.50. The maximum Gasteiger partial charge on any atom is 0.326 e. The van der Waals surface area contributed by atoms with E-state index in [4.69, 9.17) is 9.47 Å². The van der Waals surface area contributed by atoms with E-state index in [0.29, 0.717) is 37.3 Å². The molecule has 1 amide bonds. The minimum atomic E-state index is -0.287. The number of amides is 1. The van der Waals surface area contributed by atoms with Gasteiger partial charge in [-0.15, -0.1) is 0 Å². The fourth-order valence-electron chi connectivity index (χ4n) is 3.12. The molecule has 7 nitrogen and oxygen atoms in total. The molecule has 0 saturated heterocycles. The van der Waals surface area contributed by atoms with Crippen LogP contribution in [0.4, 0.5) is 0 Å². The highest BCUT2D eigenvalue weighted by atomic mass is 16.5. The van der Waals surface area contributed by atoms with Crippen LogP contribution in [0.5, 0.6) is 5.75 Å². The Kier molecular flexibility index (Phi) is 6.84. The minimum absolute atomic E-state index is 0.127. The molecule has 152 valence electrons. The van der Waals surface area contributed by atoms with Gasteiger partial charge < -0.3 is 19.4 Å². The van der Waals surface area contributed by atoms with Crippen molar-refractivity contribution in [1.82, 2.24) is 14.9 Å². The van der Waals surface area contributed by atoms with E-state index in [0.717, 1.165) is 16.9 Å². The lowest BCUT2D eigenvalue weighted by Gasteiger charge is -2.09. The van der Waals surface area contributed by atoms with Crippen molar-refractivity contribution >= 4 is 22.9 Å². The molecule has 0 spiro atoms. The summed E-state index contributed by atoms with van der Waals surface area (Å²) in [5.74, 6) is 1.09. The highest BCUT2D eigenvalue weighted by Crippen LogP contribution is 2.17. The van der Waals surface area contributed by atoms with E-state index in [1.165, 1.54) is 0 Å². The lowest BCUT2D eigenvalue weighted by Crippen LogP contribution is -2.25. The molecular weight excluding hydrogens is 370 g/mol. The number of fused-ring (bicyclic) bond motifs is 1. The molecule has 0 aliphatic rings. The van der Waals surface area contributed by atoms with E-state index in [1.54, 1.807) is 38.3 Å². The number of methoxy groups -OCH3 is 1. The summed E-state index contributed by atoms with van der Waals surface area (Å²) in [6.45, 7) is 2.77. The summed E-state index contributed by atoms with van der Waals surface area (Å²) < 4.78 is 12.1. The number of nitrogens with zero attached hydrogens (tertiary/aromatic N) is 2. The molecule has 3 rings (SSSR count). The summed E-state index contributed by atoms with van der Waals surface area (Å²) in [6, 6.07) is 14.7. The number of para-hydroxylation sites is 2. The summed E-state index contributed by atoms with van der Waals surface area (Å²) in [4.78, 5) is 28.9. The molecule has 0 aliphatic carbocycles. The zero-order valence-electron chi connectivity index (χ0n) is 16.7. The summed E-state index contributed by atoms with van der Waals surface area (Å²) in [7, 11) is 1.59. The molecule has 0 atom stereocenters. The molecule has 0 bridgehead atoms. The predicted octanol–water partition coefficient (Wildman–Crippen LogP) is 2.97. The molecule has 7 heteroatoms. The van der Waals surface area contributed by atoms with Crippen LogP contribution in [-0.4, -0.2) is 41.7 Å². The Balaban J connectivity index is 1.61. The SMILES string of the molecule is CCOC(=O)Cn1c(CCCNC(=O)c2ccc(OC)cc2)nc2ccccc21. The van der Waals surface area contributed by atoms with Crippen molar-refractivity contribution in [3.8, 4) is 5.75 Å². The van der Waals surface area contributed by atoms with Crippen LogP contribution >= 0.6 is 0 Å². The lowest BCUT2D eigenvalue weighted by molar-refractivity contribution is -0.143. The first-order valence-electron chi connectivity index (χ1n) is 9.64. The fourth-order valence-corrected chi connectivity index (χ4v) is 3.12. The molecule has 1 aromatic heterocycles. The van der Waals surface area contributed by atoms with Gasteiger partial charge in [0.25, 0.3) is 5.91 Å². The van der Waals surface area contributed by atoms with Crippen molar-refractivity contribution in [2.45, 2.75) is 26.3 Å². The monoisotopic (exact) mass is 395 g/mol. The van der Waals surface area contributed by atoms with E-state index in [2.05, 4.69) is 10.3 Å². The predicted molar refractivity (Wildman–Crippen MR) is 110 cm³/mol. The van der Waals surface area contributed by atoms with Gasteiger partial charge in [-0.3, -0.25) is 9.59 Å². The van der Waals surface area contributed by atoms with Crippen LogP contribution in [0.2, 0.25) is 0 Å². The van der Waals surface area contributed by atoms with Gasteiger partial charge in [0.2, 0.25) is 0 Å². The van der Waals surface area contributed by atoms with E-state index < -0.39 is 0 Å². The van der Waals surface area contributed by atoms with E-state index in [1.807, 2.05) is 28.8 Å². The summed E-state index contributed by atoms with van der Waals surface area (Å²) in [5, 5.41) is 2.91. The van der Waals surface area contributed by atoms with Crippen molar-refractivity contribution in [3.63, 3.8) is 0 Å². The molecule has 0 saturated carbocycles. The average Bonchev–Trinajstić information content (AvgIpc) is 3.08. The Morgan fingerprint density at radius 3 is 2.59 bits per heavy atom. The van der Waals surface area contributed by atoms with Gasteiger partial charge >= 0.3 is 5.97 Å². The van der Waals surface area contributed by atoms with Gasteiger partial charge in [-0.2, -0.15) is 0 Å². The van der Waals surface area contributed by atoms with Gasteiger partial charge in [-0.25, -0.2) is 4.98 Å². The van der Waals surface area contributed by atoms with Crippen molar-refractivity contribution in [3.05, 3.63) is 59.9 Å². The van der Waals surface area contributed by atoms with Crippen LogP contribution in [0.1, 0.15) is 29.5 Å².